The summed E-state index contributed by atoms with van der Waals surface area (Å²) in [7, 11) is 0. The van der Waals surface area contributed by atoms with Crippen molar-refractivity contribution in [2.24, 2.45) is 0 Å². The van der Waals surface area contributed by atoms with Crippen molar-refractivity contribution in [1.29, 1.82) is 0 Å². The Balaban J connectivity index is 1.25. The van der Waals surface area contributed by atoms with Crippen molar-refractivity contribution in [1.82, 2.24) is 16.0 Å². The monoisotopic (exact) mass is 1470 g/mol. The van der Waals surface area contributed by atoms with Gasteiger partial charge in [0.2, 0.25) is 17.7 Å². The van der Waals surface area contributed by atoms with Crippen molar-refractivity contribution in [3.8, 4) is 0 Å². The van der Waals surface area contributed by atoms with Gasteiger partial charge in [0, 0.05) is 31.7 Å². The average Bonchev–Trinajstić information content (AvgIpc) is 0.751. The molecular weight excluding hydrogens is 1370 g/mol. The third-order valence-electron chi connectivity index (χ3n) is 18.6. The number of ether oxygens (including phenoxy) is 10. The highest BCUT2D eigenvalue weighted by molar-refractivity contribution is 6.30. The second kappa shape index (κ2) is 42.4. The molecule has 5 aliphatic rings. The van der Waals surface area contributed by atoms with E-state index in [1.807, 2.05) is 0 Å². The zero-order chi connectivity index (χ0) is 74.3. The quantitative estimate of drug-likeness (QED) is 0.0278. The van der Waals surface area contributed by atoms with Gasteiger partial charge in [-0.2, -0.15) is 0 Å². The van der Waals surface area contributed by atoms with Crippen LogP contribution in [-0.2, 0) is 66.5 Å². The Labute approximate surface area is 590 Å². The molecule has 1 aromatic rings. The van der Waals surface area contributed by atoms with E-state index in [1.165, 1.54) is 63.9 Å². The molecule has 35 heteroatoms. The maximum absolute atomic E-state index is 13.8. The van der Waals surface area contributed by atoms with Crippen molar-refractivity contribution in [2.45, 2.75) is 301 Å². The minimum atomic E-state index is -3.39. The van der Waals surface area contributed by atoms with Crippen LogP contribution in [0.4, 0.5) is 0 Å². The molecule has 5 fully saturated rings. The zero-order valence-corrected chi connectivity index (χ0v) is 57.8. The highest BCUT2D eigenvalue weighted by Gasteiger charge is 2.62. The van der Waals surface area contributed by atoms with Crippen LogP contribution >= 0.6 is 11.6 Å². The molecule has 0 spiro atoms. The first-order valence-corrected chi connectivity index (χ1v) is 35.1. The summed E-state index contributed by atoms with van der Waals surface area (Å²) < 4.78 is 59.7. The van der Waals surface area contributed by atoms with Crippen LogP contribution < -0.4 is 16.0 Å². The zero-order valence-electron chi connectivity index (χ0n) is 57.0. The minimum absolute atomic E-state index is 0.0915. The van der Waals surface area contributed by atoms with E-state index in [4.69, 9.17) is 59.0 Å². The molecule has 3 amide bonds. The third kappa shape index (κ3) is 24.0. The molecule has 580 valence electrons. The van der Waals surface area contributed by atoms with Crippen LogP contribution in [0.1, 0.15) is 135 Å². The number of carboxylic acids is 1. The average molecular weight is 1480 g/mol. The summed E-state index contributed by atoms with van der Waals surface area (Å²) in [5.74, 6) is -7.80. The van der Waals surface area contributed by atoms with Crippen molar-refractivity contribution in [2.75, 3.05) is 39.6 Å². The topological polar surface area (TPSA) is 541 Å². The number of aliphatic hydroxyl groups excluding tert-OH is 16. The molecule has 5 heterocycles. The van der Waals surface area contributed by atoms with Crippen LogP contribution in [0.15, 0.2) is 30.3 Å². The molecule has 20 N–H and O–H groups in total. The van der Waals surface area contributed by atoms with Crippen molar-refractivity contribution < 1.29 is 153 Å². The summed E-state index contributed by atoms with van der Waals surface area (Å²) in [6.45, 7) is -2.04. The van der Waals surface area contributed by atoms with Gasteiger partial charge in [0.15, 0.2) is 25.2 Å². The molecule has 5 aliphatic heterocycles. The Morgan fingerprint density at radius 2 is 1.06 bits per heavy atom. The lowest BCUT2D eigenvalue weighted by atomic mass is 9.88. The Kier molecular flexibility index (Phi) is 36.1. The van der Waals surface area contributed by atoms with Crippen LogP contribution in [0.3, 0.4) is 0 Å². The molecule has 28 atom stereocenters. The first-order chi connectivity index (χ1) is 48.2. The van der Waals surface area contributed by atoms with Gasteiger partial charge in [-0.3, -0.25) is 14.4 Å². The molecular formula is C66H108ClN3O31. The molecule has 0 radical (unpaired) electrons. The van der Waals surface area contributed by atoms with Crippen molar-refractivity contribution >= 4 is 41.4 Å². The van der Waals surface area contributed by atoms with Gasteiger partial charge in [-0.1, -0.05) is 133 Å². The van der Waals surface area contributed by atoms with E-state index in [0.717, 1.165) is 46.0 Å². The first kappa shape index (κ1) is 86.0. The van der Waals surface area contributed by atoms with Crippen LogP contribution in [0, 0.1) is 0 Å². The number of hydrogen-bond donors (Lipinski definition) is 20. The molecule has 2 unspecified atom stereocenters. The molecule has 5 saturated heterocycles. The van der Waals surface area contributed by atoms with Gasteiger partial charge in [-0.05, 0) is 24.1 Å². The van der Waals surface area contributed by atoms with E-state index in [1.54, 1.807) is 30.3 Å². The maximum atomic E-state index is 13.8. The van der Waals surface area contributed by atoms with Gasteiger partial charge < -0.3 is 150 Å². The molecule has 0 aliphatic carbocycles. The van der Waals surface area contributed by atoms with Gasteiger partial charge in [-0.15, -0.1) is 0 Å². The second-order valence-corrected chi connectivity index (χ2v) is 26.9. The number of aliphatic hydroxyl groups is 16. The van der Waals surface area contributed by atoms with Gasteiger partial charge in [0.25, 0.3) is 5.79 Å². The number of nitrogens with one attached hydrogen (secondary N) is 3. The fraction of sp³-hybridized carbons (Fsp3) is 0.818. The van der Waals surface area contributed by atoms with E-state index in [9.17, 15) is 106 Å². The van der Waals surface area contributed by atoms with E-state index in [2.05, 4.69) is 22.9 Å². The number of carbonyl (C=O) groups excluding carboxylic acids is 3. The van der Waals surface area contributed by atoms with Gasteiger partial charge in [-0.25, -0.2) is 4.79 Å². The molecule has 0 aromatic heterocycles. The summed E-state index contributed by atoms with van der Waals surface area (Å²) in [5, 5.41) is 196. The number of halogens is 1. The number of aliphatic carboxylic acids is 1. The summed E-state index contributed by atoms with van der Waals surface area (Å²) in [4.78, 5) is 52.8. The van der Waals surface area contributed by atoms with Crippen molar-refractivity contribution in [3.05, 3.63) is 40.9 Å². The lowest BCUT2D eigenvalue weighted by molar-refractivity contribution is -0.403. The molecule has 0 bridgehead atoms. The van der Waals surface area contributed by atoms with E-state index in [-0.39, 0.29) is 6.42 Å². The highest BCUT2D eigenvalue weighted by Crippen LogP contribution is 2.41. The lowest BCUT2D eigenvalue weighted by Crippen LogP contribution is -2.72. The highest BCUT2D eigenvalue weighted by atomic mass is 35.5. The number of hydrogen-bond acceptors (Lipinski definition) is 30. The lowest BCUT2D eigenvalue weighted by Gasteiger charge is -2.52. The Hall–Kier alpha value is -3.91. The van der Waals surface area contributed by atoms with Crippen molar-refractivity contribution in [3.63, 3.8) is 0 Å². The molecule has 34 nitrogen and oxygen atoms in total. The number of carbonyl (C=O) groups is 4. The van der Waals surface area contributed by atoms with E-state index < -0.39 is 241 Å². The van der Waals surface area contributed by atoms with Gasteiger partial charge in [0.05, 0.1) is 63.9 Å². The van der Waals surface area contributed by atoms with Crippen LogP contribution in [-0.4, -0.2) is 321 Å². The number of carboxylic acid groups (broad SMARTS) is 1. The predicted octanol–water partition coefficient (Wildman–Crippen LogP) is -3.93. The summed E-state index contributed by atoms with van der Waals surface area (Å²) in [6, 6.07) is 1.70. The van der Waals surface area contributed by atoms with E-state index in [0.29, 0.717) is 17.0 Å². The smallest absolute Gasteiger partial charge is 0.364 e. The number of rotatable bonds is 41. The number of benzene rings is 1. The fourth-order valence-corrected chi connectivity index (χ4v) is 13.1. The second-order valence-electron chi connectivity index (χ2n) is 26.4. The van der Waals surface area contributed by atoms with E-state index >= 15 is 0 Å². The van der Waals surface area contributed by atoms with Crippen LogP contribution in [0.25, 0.3) is 6.08 Å². The van der Waals surface area contributed by atoms with Crippen LogP contribution in [0.5, 0.6) is 0 Å². The van der Waals surface area contributed by atoms with Gasteiger partial charge in [0.1, 0.15) is 116 Å². The Morgan fingerprint density at radius 1 is 0.574 bits per heavy atom. The third-order valence-corrected chi connectivity index (χ3v) is 18.9. The summed E-state index contributed by atoms with van der Waals surface area (Å²) in [5.41, 5.74) is 0.631. The standard InChI is InChI=1S/C66H108ClN3O31/c1-4-5-6-7-8-9-10-11-12-13-14-15-16-17-18-19-45(81)70-37(38(78)25-22-35-20-23-36(67)24-21-35)32-92-62-54(88)52(86)56(43(30-74)95-62)97-64-55(89)60(101-66(65(90)91)26-39(79)46(68-33(2)76)59(100-66)48(82)40(80)27-71)57(44(31-75)96-64)98-61-47(69-34(3)77)58(50(84)42(29-73)93-61)99-63-53(87)51(85)49(83)41(28-72)94-63/h20-25,37-44,46-64,71-75,78-80,82-89H,4-19,26-32H2,1-3H3,(H,68,76)(H,69,77)(H,70,81)(H,90,91)/b25-22+/t37-,38+,39-,40+,41+,42+,43+,44+,46?,47+,48+,49-,50-,51-,52+,53+,54+,55+,56+,57-,58+,59?,60+,61-,62+,63-,64-,66-/m0/s1. The first-order valence-electron chi connectivity index (χ1n) is 34.8. The number of amides is 3. The molecule has 6 rings (SSSR count). The normalized spacial score (nSPS) is 35.9. The van der Waals surface area contributed by atoms with Gasteiger partial charge >= 0.3 is 5.97 Å². The summed E-state index contributed by atoms with van der Waals surface area (Å²) >= 11 is 6.08. The largest absolute Gasteiger partial charge is 0.477 e. The predicted molar refractivity (Wildman–Crippen MR) is 349 cm³/mol. The molecule has 0 saturated carbocycles. The fourth-order valence-electron chi connectivity index (χ4n) is 12.9. The Bertz CT molecular complexity index is 2640. The SMILES string of the molecule is CCCCCCCCCCCCCCCCCC(=O)N[C@@H](CO[C@@H]1O[C@H](CO)[C@@H](O[C@@H]2O[C@H](CO)[C@H](O[C@@H]3O[C@H](CO)[C@H](O)[C@H](O[C@@H]4O[C@H](CO)[C@H](O)[C@H](O)[C@H]4O)[C@H]3NC(C)=O)[C@H](O[C@]3(C(=O)O)C[C@H](O)C(NC(C)=O)C([C@H](O)[C@H](O)CO)O3)[C@H]2O)[C@H](O)[C@H]1O)[C@H](O)/C=C/c1ccc(Cl)cc1. The Morgan fingerprint density at radius 3 is 1.61 bits per heavy atom. The maximum Gasteiger partial charge on any atom is 0.364 e. The summed E-state index contributed by atoms with van der Waals surface area (Å²) in [6.07, 6.45) is -31.2. The minimum Gasteiger partial charge on any atom is -0.477 e. The van der Waals surface area contributed by atoms with Crippen LogP contribution in [0.2, 0.25) is 5.02 Å². The number of unbranched alkanes of at least 4 members (excludes halogenated alkanes) is 14. The molecule has 101 heavy (non-hydrogen) atoms. The molecule has 1 aromatic carbocycles.